The summed E-state index contributed by atoms with van der Waals surface area (Å²) in [6.45, 7) is 5.32. The molecule has 96 valence electrons. The topological polar surface area (TPSA) is 43.4 Å². The van der Waals surface area contributed by atoms with Gasteiger partial charge in [0.2, 0.25) is 0 Å². The first kappa shape index (κ1) is 14.2. The predicted molar refractivity (Wildman–Crippen MR) is 70.9 cm³/mol. The third kappa shape index (κ3) is 5.99. The van der Waals surface area contributed by atoms with Crippen molar-refractivity contribution in [2.24, 2.45) is 0 Å². The molecule has 18 heavy (non-hydrogen) atoms. The van der Waals surface area contributed by atoms with Crippen molar-refractivity contribution < 1.29 is 14.3 Å². The zero-order chi connectivity index (χ0) is 13.6. The number of hydrogen-bond donors (Lipinski definition) is 0. The van der Waals surface area contributed by atoms with Gasteiger partial charge < -0.3 is 4.74 Å². The van der Waals surface area contributed by atoms with E-state index in [9.17, 15) is 9.59 Å². The number of hydrogen-bond acceptors (Lipinski definition) is 3. The summed E-state index contributed by atoms with van der Waals surface area (Å²) in [5.74, 6) is -0.752. The van der Waals surface area contributed by atoms with E-state index in [1.165, 1.54) is 6.08 Å². The van der Waals surface area contributed by atoms with Gasteiger partial charge in [-0.05, 0) is 32.4 Å². The molecular formula is C15H18O3. The molecular weight excluding hydrogens is 228 g/mol. The minimum Gasteiger partial charge on any atom is -0.460 e. The van der Waals surface area contributed by atoms with Crippen molar-refractivity contribution in [3.63, 3.8) is 0 Å². The van der Waals surface area contributed by atoms with E-state index in [4.69, 9.17) is 4.74 Å². The van der Waals surface area contributed by atoms with Crippen molar-refractivity contribution in [3.05, 3.63) is 42.0 Å². The summed E-state index contributed by atoms with van der Waals surface area (Å²) in [5.41, 5.74) is 0.371. The number of rotatable bonds is 4. The van der Waals surface area contributed by atoms with Crippen LogP contribution in [0.1, 0.15) is 32.8 Å². The van der Waals surface area contributed by atoms with Crippen LogP contribution in [0, 0.1) is 0 Å². The number of carbonyl (C=O) groups is 2. The van der Waals surface area contributed by atoms with Crippen molar-refractivity contribution in [1.29, 1.82) is 0 Å². The van der Waals surface area contributed by atoms with E-state index < -0.39 is 11.6 Å². The van der Waals surface area contributed by atoms with Gasteiger partial charge in [0, 0.05) is 0 Å². The van der Waals surface area contributed by atoms with Gasteiger partial charge in [-0.15, -0.1) is 0 Å². The van der Waals surface area contributed by atoms with Gasteiger partial charge in [0.15, 0.2) is 5.78 Å². The molecule has 0 saturated heterocycles. The van der Waals surface area contributed by atoms with E-state index in [0.717, 1.165) is 5.56 Å². The minimum atomic E-state index is -0.555. The molecule has 0 radical (unpaired) electrons. The molecule has 0 aliphatic heterocycles. The average molecular weight is 246 g/mol. The fraction of sp³-hybridized carbons (Fsp3) is 0.333. The Morgan fingerprint density at radius 3 is 2.33 bits per heavy atom. The van der Waals surface area contributed by atoms with Gasteiger partial charge in [-0.3, -0.25) is 9.59 Å². The third-order valence-electron chi connectivity index (χ3n) is 2.00. The van der Waals surface area contributed by atoms with Gasteiger partial charge in [-0.1, -0.05) is 36.4 Å². The second-order valence-electron chi connectivity index (χ2n) is 4.97. The van der Waals surface area contributed by atoms with Gasteiger partial charge in [0.05, 0.1) is 0 Å². The van der Waals surface area contributed by atoms with Crippen molar-refractivity contribution in [3.8, 4) is 0 Å². The lowest BCUT2D eigenvalue weighted by Gasteiger charge is -2.18. The fourth-order valence-electron chi connectivity index (χ4n) is 1.33. The summed E-state index contributed by atoms with van der Waals surface area (Å²) in [5, 5.41) is 0. The Morgan fingerprint density at radius 2 is 1.78 bits per heavy atom. The number of ether oxygens (including phenoxy) is 1. The molecule has 0 spiro atoms. The molecule has 3 heteroatoms. The fourth-order valence-corrected chi connectivity index (χ4v) is 1.33. The van der Waals surface area contributed by atoms with Crippen LogP contribution in [0.3, 0.4) is 0 Å². The van der Waals surface area contributed by atoms with Crippen molar-refractivity contribution >= 4 is 17.8 Å². The van der Waals surface area contributed by atoms with Crippen LogP contribution in [-0.4, -0.2) is 17.4 Å². The molecule has 0 unspecified atom stereocenters. The highest BCUT2D eigenvalue weighted by molar-refractivity contribution is 6.04. The smallest absolute Gasteiger partial charge is 0.314 e. The minimum absolute atomic E-state index is 0.222. The van der Waals surface area contributed by atoms with E-state index in [1.54, 1.807) is 26.8 Å². The molecule has 0 saturated carbocycles. The molecule has 0 aliphatic carbocycles. The van der Waals surface area contributed by atoms with E-state index in [-0.39, 0.29) is 12.2 Å². The molecule has 0 amide bonds. The van der Waals surface area contributed by atoms with Gasteiger partial charge >= 0.3 is 5.97 Å². The molecule has 0 bridgehead atoms. The van der Waals surface area contributed by atoms with Gasteiger partial charge in [-0.2, -0.15) is 0 Å². The zero-order valence-electron chi connectivity index (χ0n) is 11.0. The van der Waals surface area contributed by atoms with Crippen LogP contribution in [0.25, 0.3) is 6.08 Å². The van der Waals surface area contributed by atoms with Gasteiger partial charge in [0.1, 0.15) is 12.0 Å². The maximum absolute atomic E-state index is 11.5. The molecule has 1 aromatic rings. The van der Waals surface area contributed by atoms with Crippen LogP contribution in [-0.2, 0) is 14.3 Å². The standard InChI is InChI=1S/C15H18O3/c1-15(2,3)18-14(17)11-13(16)10-9-12-7-5-4-6-8-12/h4-10H,11H2,1-3H3/b10-9+. The Kier molecular flexibility index (Phi) is 4.84. The molecule has 0 aromatic heterocycles. The van der Waals surface area contributed by atoms with Crippen LogP contribution in [0.5, 0.6) is 0 Å². The Morgan fingerprint density at radius 1 is 1.17 bits per heavy atom. The highest BCUT2D eigenvalue weighted by Gasteiger charge is 2.17. The highest BCUT2D eigenvalue weighted by atomic mass is 16.6. The first-order valence-electron chi connectivity index (χ1n) is 5.84. The number of carbonyl (C=O) groups excluding carboxylic acids is 2. The van der Waals surface area contributed by atoms with Crippen molar-refractivity contribution in [1.82, 2.24) is 0 Å². The van der Waals surface area contributed by atoms with Crippen molar-refractivity contribution in [2.45, 2.75) is 32.8 Å². The molecule has 0 N–H and O–H groups in total. The molecule has 0 atom stereocenters. The number of allylic oxidation sites excluding steroid dienone is 1. The Hall–Kier alpha value is -1.90. The lowest BCUT2D eigenvalue weighted by atomic mass is 10.1. The molecule has 1 rings (SSSR count). The lowest BCUT2D eigenvalue weighted by Crippen LogP contribution is -2.24. The average Bonchev–Trinajstić information content (AvgIpc) is 2.25. The maximum atomic E-state index is 11.5. The summed E-state index contributed by atoms with van der Waals surface area (Å²) in [6.07, 6.45) is 2.87. The quantitative estimate of drug-likeness (QED) is 0.466. The largest absolute Gasteiger partial charge is 0.460 e. The summed E-state index contributed by atoms with van der Waals surface area (Å²) >= 11 is 0. The summed E-state index contributed by atoms with van der Waals surface area (Å²) in [7, 11) is 0. The molecule has 0 fully saturated rings. The lowest BCUT2D eigenvalue weighted by molar-refractivity contribution is -0.155. The monoisotopic (exact) mass is 246 g/mol. The van der Waals surface area contributed by atoms with Crippen LogP contribution in [0.15, 0.2) is 36.4 Å². The van der Waals surface area contributed by atoms with Gasteiger partial charge in [-0.25, -0.2) is 0 Å². The van der Waals surface area contributed by atoms with Gasteiger partial charge in [0.25, 0.3) is 0 Å². The van der Waals surface area contributed by atoms with E-state index in [2.05, 4.69) is 0 Å². The first-order valence-corrected chi connectivity index (χ1v) is 5.84. The Bertz CT molecular complexity index is 439. The Labute approximate surface area is 107 Å². The third-order valence-corrected chi connectivity index (χ3v) is 2.00. The van der Waals surface area contributed by atoms with Crippen LogP contribution >= 0.6 is 0 Å². The molecule has 1 aromatic carbocycles. The zero-order valence-corrected chi connectivity index (χ0v) is 11.0. The first-order chi connectivity index (χ1) is 8.37. The second kappa shape index (κ2) is 6.15. The van der Waals surface area contributed by atoms with Crippen LogP contribution < -0.4 is 0 Å². The molecule has 3 nitrogen and oxygen atoms in total. The van der Waals surface area contributed by atoms with Crippen LogP contribution in [0.4, 0.5) is 0 Å². The summed E-state index contributed by atoms with van der Waals surface area (Å²) < 4.78 is 5.07. The van der Waals surface area contributed by atoms with Crippen LogP contribution in [0.2, 0.25) is 0 Å². The summed E-state index contributed by atoms with van der Waals surface area (Å²) in [6, 6.07) is 9.45. The van der Waals surface area contributed by atoms with E-state index in [0.29, 0.717) is 0 Å². The number of benzene rings is 1. The van der Waals surface area contributed by atoms with E-state index >= 15 is 0 Å². The Balaban J connectivity index is 2.47. The second-order valence-corrected chi connectivity index (χ2v) is 4.97. The summed E-state index contributed by atoms with van der Waals surface area (Å²) in [4.78, 5) is 22.9. The van der Waals surface area contributed by atoms with Crippen molar-refractivity contribution in [2.75, 3.05) is 0 Å². The molecule has 0 aliphatic rings. The normalized spacial score (nSPS) is 11.5. The molecule has 0 heterocycles. The SMILES string of the molecule is CC(C)(C)OC(=O)CC(=O)/C=C/c1ccccc1. The number of ketones is 1. The van der Waals surface area contributed by atoms with E-state index in [1.807, 2.05) is 30.3 Å². The predicted octanol–water partition coefficient (Wildman–Crippen LogP) is 3.00. The maximum Gasteiger partial charge on any atom is 0.314 e. The highest BCUT2D eigenvalue weighted by Crippen LogP contribution is 2.09. The number of esters is 1.